The van der Waals surface area contributed by atoms with E-state index in [0.29, 0.717) is 6.54 Å². The van der Waals surface area contributed by atoms with Gasteiger partial charge in [0.25, 0.3) is 0 Å². The molecule has 7 heteroatoms. The van der Waals surface area contributed by atoms with Gasteiger partial charge in [0.2, 0.25) is 5.56 Å². The summed E-state index contributed by atoms with van der Waals surface area (Å²) < 4.78 is 3.48. The van der Waals surface area contributed by atoms with E-state index >= 15 is 0 Å². The van der Waals surface area contributed by atoms with Gasteiger partial charge in [-0.1, -0.05) is 13.0 Å². The number of nitrogens with one attached hydrogen (secondary N) is 1. The molecule has 4 rings (SSSR count). The predicted molar refractivity (Wildman–Crippen MR) is 107 cm³/mol. The smallest absolute Gasteiger partial charge is 0.250 e. The molecule has 0 amide bonds. The number of piperidine rings is 1. The molecule has 142 valence electrons. The molecule has 1 N–H and O–H groups in total. The first kappa shape index (κ1) is 17.6. The second kappa shape index (κ2) is 7.42. The highest BCUT2D eigenvalue weighted by Crippen LogP contribution is 2.24. The molecule has 0 spiro atoms. The molecule has 7 nitrogen and oxygen atoms in total. The van der Waals surface area contributed by atoms with Gasteiger partial charge in [-0.3, -0.25) is 4.79 Å². The number of fused-ring (bicyclic) bond motifs is 1. The van der Waals surface area contributed by atoms with Crippen molar-refractivity contribution in [2.24, 2.45) is 7.05 Å². The summed E-state index contributed by atoms with van der Waals surface area (Å²) >= 11 is 0. The van der Waals surface area contributed by atoms with Crippen LogP contribution in [0.25, 0.3) is 5.65 Å². The summed E-state index contributed by atoms with van der Waals surface area (Å²) in [6.45, 7) is 4.86. The zero-order chi connectivity index (χ0) is 18.8. The van der Waals surface area contributed by atoms with E-state index in [-0.39, 0.29) is 5.56 Å². The molecule has 1 fully saturated rings. The largest absolute Gasteiger partial charge is 0.366 e. The molecule has 1 aliphatic rings. The summed E-state index contributed by atoms with van der Waals surface area (Å²) in [5.41, 5.74) is 3.11. The van der Waals surface area contributed by atoms with Crippen molar-refractivity contribution < 1.29 is 0 Å². The Morgan fingerprint density at radius 2 is 2.00 bits per heavy atom. The van der Waals surface area contributed by atoms with Crippen LogP contribution >= 0.6 is 0 Å². The van der Waals surface area contributed by atoms with E-state index in [2.05, 4.69) is 28.3 Å². The molecule has 4 heterocycles. The summed E-state index contributed by atoms with van der Waals surface area (Å²) in [4.78, 5) is 18.9. The van der Waals surface area contributed by atoms with Crippen molar-refractivity contribution in [3.8, 4) is 0 Å². The van der Waals surface area contributed by atoms with Crippen LogP contribution in [0.3, 0.4) is 0 Å². The van der Waals surface area contributed by atoms with Crippen LogP contribution in [0.1, 0.15) is 37.3 Å². The molecule has 1 aliphatic heterocycles. The quantitative estimate of drug-likeness (QED) is 0.752. The molecule has 0 saturated carbocycles. The first-order chi connectivity index (χ1) is 13.2. The lowest BCUT2D eigenvalue weighted by Gasteiger charge is -2.28. The SMILES string of the molecule is CCc1cnn2c(NCc3ccc(=O)n(C)c3)cc(N3CCCCC3)nc12. The fourth-order valence-electron chi connectivity index (χ4n) is 3.60. The third kappa shape index (κ3) is 3.54. The monoisotopic (exact) mass is 366 g/mol. The molecule has 0 aromatic carbocycles. The van der Waals surface area contributed by atoms with Gasteiger partial charge in [0.15, 0.2) is 5.65 Å². The lowest BCUT2D eigenvalue weighted by atomic mass is 10.1. The lowest BCUT2D eigenvalue weighted by molar-refractivity contribution is 0.573. The van der Waals surface area contributed by atoms with Crippen molar-refractivity contribution in [1.82, 2.24) is 19.2 Å². The molecular weight excluding hydrogens is 340 g/mol. The molecule has 3 aromatic heterocycles. The summed E-state index contributed by atoms with van der Waals surface area (Å²) in [5.74, 6) is 1.94. The number of aryl methyl sites for hydroxylation is 2. The number of rotatable bonds is 5. The molecule has 27 heavy (non-hydrogen) atoms. The molecule has 0 radical (unpaired) electrons. The van der Waals surface area contributed by atoms with Crippen LogP contribution in [-0.4, -0.2) is 32.3 Å². The average Bonchev–Trinajstić information content (AvgIpc) is 3.12. The van der Waals surface area contributed by atoms with Crippen molar-refractivity contribution in [3.63, 3.8) is 0 Å². The van der Waals surface area contributed by atoms with Crippen LogP contribution < -0.4 is 15.8 Å². The van der Waals surface area contributed by atoms with Gasteiger partial charge in [-0.05, 0) is 31.2 Å². The maximum atomic E-state index is 11.6. The Morgan fingerprint density at radius 1 is 1.19 bits per heavy atom. The van der Waals surface area contributed by atoms with Crippen molar-refractivity contribution >= 4 is 17.3 Å². The maximum absolute atomic E-state index is 11.6. The summed E-state index contributed by atoms with van der Waals surface area (Å²) in [6, 6.07) is 5.55. The minimum Gasteiger partial charge on any atom is -0.366 e. The Balaban J connectivity index is 1.68. The van der Waals surface area contributed by atoms with Crippen LogP contribution in [0, 0.1) is 0 Å². The fraction of sp³-hybridized carbons (Fsp3) is 0.450. The van der Waals surface area contributed by atoms with E-state index in [1.165, 1.54) is 19.3 Å². The number of hydrogen-bond acceptors (Lipinski definition) is 5. The van der Waals surface area contributed by atoms with Crippen molar-refractivity contribution in [1.29, 1.82) is 0 Å². The van der Waals surface area contributed by atoms with E-state index in [9.17, 15) is 4.79 Å². The minimum absolute atomic E-state index is 0.00269. The highest BCUT2D eigenvalue weighted by Gasteiger charge is 2.17. The van der Waals surface area contributed by atoms with Gasteiger partial charge in [0.05, 0.1) is 6.20 Å². The van der Waals surface area contributed by atoms with Crippen LogP contribution in [0.5, 0.6) is 0 Å². The van der Waals surface area contributed by atoms with E-state index < -0.39 is 0 Å². The standard InChI is InChI=1S/C20H26N6O/c1-3-16-13-22-26-17(21-12-15-7-8-19(27)24(2)14-15)11-18(23-20(16)26)25-9-5-4-6-10-25/h7-8,11,13-14,21H,3-6,9-10,12H2,1-2H3. The van der Waals surface area contributed by atoms with E-state index in [4.69, 9.17) is 4.98 Å². The normalized spacial score (nSPS) is 14.7. The summed E-state index contributed by atoms with van der Waals surface area (Å²) in [5, 5.41) is 8.02. The average molecular weight is 366 g/mol. The van der Waals surface area contributed by atoms with Gasteiger partial charge in [0, 0.05) is 50.6 Å². The van der Waals surface area contributed by atoms with Gasteiger partial charge in [-0.15, -0.1) is 0 Å². The van der Waals surface area contributed by atoms with E-state index in [0.717, 1.165) is 47.9 Å². The van der Waals surface area contributed by atoms with Gasteiger partial charge < -0.3 is 14.8 Å². The number of anilines is 2. The second-order valence-electron chi connectivity index (χ2n) is 7.15. The summed E-state index contributed by atoms with van der Waals surface area (Å²) in [6.07, 6.45) is 8.39. The number of aromatic nitrogens is 4. The minimum atomic E-state index is -0.00269. The highest BCUT2D eigenvalue weighted by molar-refractivity contribution is 5.61. The number of pyridine rings is 1. The van der Waals surface area contributed by atoms with Crippen molar-refractivity contribution in [3.05, 3.63) is 52.1 Å². The first-order valence-electron chi connectivity index (χ1n) is 9.67. The van der Waals surface area contributed by atoms with Crippen LogP contribution in [0.4, 0.5) is 11.6 Å². The Kier molecular flexibility index (Phi) is 4.83. The molecule has 0 atom stereocenters. The molecular formula is C20H26N6O. The zero-order valence-electron chi connectivity index (χ0n) is 16.0. The van der Waals surface area contributed by atoms with Crippen LogP contribution in [0.2, 0.25) is 0 Å². The third-order valence-electron chi connectivity index (χ3n) is 5.21. The van der Waals surface area contributed by atoms with Crippen molar-refractivity contribution in [2.45, 2.75) is 39.2 Å². The molecule has 0 bridgehead atoms. The van der Waals surface area contributed by atoms with Crippen LogP contribution in [0.15, 0.2) is 35.4 Å². The molecule has 0 aliphatic carbocycles. The second-order valence-corrected chi connectivity index (χ2v) is 7.15. The Labute approximate surface area is 158 Å². The number of nitrogens with zero attached hydrogens (tertiary/aromatic N) is 5. The van der Waals surface area contributed by atoms with E-state index in [1.807, 2.05) is 23.0 Å². The Bertz CT molecular complexity index is 999. The lowest BCUT2D eigenvalue weighted by Crippen LogP contribution is -2.30. The molecule has 3 aromatic rings. The van der Waals surface area contributed by atoms with Gasteiger partial charge in [-0.2, -0.15) is 9.61 Å². The highest BCUT2D eigenvalue weighted by atomic mass is 16.1. The number of hydrogen-bond donors (Lipinski definition) is 1. The predicted octanol–water partition coefficient (Wildman–Crippen LogP) is 2.59. The van der Waals surface area contributed by atoms with Crippen LogP contribution in [-0.2, 0) is 20.0 Å². The molecule has 0 unspecified atom stereocenters. The van der Waals surface area contributed by atoms with Crippen molar-refractivity contribution in [2.75, 3.05) is 23.3 Å². The fourth-order valence-corrected chi connectivity index (χ4v) is 3.60. The zero-order valence-corrected chi connectivity index (χ0v) is 16.0. The topological polar surface area (TPSA) is 67.5 Å². The Morgan fingerprint density at radius 3 is 2.74 bits per heavy atom. The Hall–Kier alpha value is -2.83. The van der Waals surface area contributed by atoms with E-state index in [1.54, 1.807) is 17.7 Å². The van der Waals surface area contributed by atoms with Gasteiger partial charge >= 0.3 is 0 Å². The molecule has 1 saturated heterocycles. The summed E-state index contributed by atoms with van der Waals surface area (Å²) in [7, 11) is 1.77. The first-order valence-corrected chi connectivity index (χ1v) is 9.67. The third-order valence-corrected chi connectivity index (χ3v) is 5.21. The van der Waals surface area contributed by atoms with Gasteiger partial charge in [-0.25, -0.2) is 4.98 Å². The maximum Gasteiger partial charge on any atom is 0.250 e. The van der Waals surface area contributed by atoms with Gasteiger partial charge in [0.1, 0.15) is 11.6 Å².